The van der Waals surface area contributed by atoms with Crippen molar-refractivity contribution in [3.8, 4) is 0 Å². The Morgan fingerprint density at radius 3 is 2.59 bits per heavy atom. The summed E-state index contributed by atoms with van der Waals surface area (Å²) in [5.41, 5.74) is 0.574. The molecule has 17 heavy (non-hydrogen) atoms. The fourth-order valence-corrected chi connectivity index (χ4v) is 2.31. The van der Waals surface area contributed by atoms with E-state index in [2.05, 4.69) is 14.9 Å². The second-order valence-corrected chi connectivity index (χ2v) is 5.51. The van der Waals surface area contributed by atoms with E-state index in [1.165, 1.54) is 0 Å². The molecule has 0 saturated carbocycles. The highest BCUT2D eigenvalue weighted by Gasteiger charge is 2.33. The average Bonchev–Trinajstić information content (AvgIpc) is 2.69. The van der Waals surface area contributed by atoms with E-state index >= 15 is 0 Å². The van der Waals surface area contributed by atoms with E-state index in [0.29, 0.717) is 5.92 Å². The minimum atomic E-state index is -0.571. The lowest BCUT2D eigenvalue weighted by Gasteiger charge is -2.25. The molecule has 1 fully saturated rings. The van der Waals surface area contributed by atoms with Crippen LogP contribution in [0.25, 0.3) is 0 Å². The minimum Gasteiger partial charge on any atom is -0.390 e. The lowest BCUT2D eigenvalue weighted by molar-refractivity contribution is 0.0208. The molecule has 1 aliphatic rings. The van der Waals surface area contributed by atoms with Crippen molar-refractivity contribution in [2.45, 2.75) is 39.3 Å². The lowest BCUT2D eigenvalue weighted by atomic mass is 9.90. The normalized spacial score (nSPS) is 22.0. The Labute approximate surface area is 103 Å². The van der Waals surface area contributed by atoms with Gasteiger partial charge in [0.05, 0.1) is 5.60 Å². The predicted molar refractivity (Wildman–Crippen MR) is 66.5 cm³/mol. The predicted octanol–water partition coefficient (Wildman–Crippen LogP) is 1.38. The Bertz CT molecular complexity index is 369. The number of hydrogen-bond acceptors (Lipinski definition) is 4. The van der Waals surface area contributed by atoms with Gasteiger partial charge < -0.3 is 5.11 Å². The van der Waals surface area contributed by atoms with E-state index in [4.69, 9.17) is 0 Å². The summed E-state index contributed by atoms with van der Waals surface area (Å²) in [5, 5.41) is 9.99. The van der Waals surface area contributed by atoms with Gasteiger partial charge in [0, 0.05) is 37.0 Å². The molecule has 0 bridgehead atoms. The molecule has 2 rings (SSSR count). The van der Waals surface area contributed by atoms with Crippen LogP contribution in [0.1, 0.15) is 31.7 Å². The molecule has 94 valence electrons. The van der Waals surface area contributed by atoms with Crippen molar-refractivity contribution in [1.82, 2.24) is 14.9 Å². The quantitative estimate of drug-likeness (QED) is 0.860. The van der Waals surface area contributed by atoms with Crippen molar-refractivity contribution in [3.05, 3.63) is 23.8 Å². The first-order chi connectivity index (χ1) is 7.95. The van der Waals surface area contributed by atoms with Crippen LogP contribution in [0.5, 0.6) is 0 Å². The van der Waals surface area contributed by atoms with E-state index in [1.54, 1.807) is 0 Å². The van der Waals surface area contributed by atoms with Crippen LogP contribution in [0, 0.1) is 12.8 Å². The van der Waals surface area contributed by atoms with Crippen LogP contribution < -0.4 is 0 Å². The fraction of sp³-hybridized carbons (Fsp3) is 0.692. The third-order valence-electron chi connectivity index (χ3n) is 3.51. The molecule has 1 atom stereocenters. The Hall–Kier alpha value is -1.00. The van der Waals surface area contributed by atoms with Crippen molar-refractivity contribution in [2.24, 2.45) is 5.92 Å². The van der Waals surface area contributed by atoms with E-state index in [-0.39, 0.29) is 0 Å². The first-order valence-electron chi connectivity index (χ1n) is 6.17. The van der Waals surface area contributed by atoms with E-state index < -0.39 is 5.60 Å². The first kappa shape index (κ1) is 12.5. The molecule has 1 aliphatic heterocycles. The zero-order chi connectivity index (χ0) is 12.5. The molecule has 0 amide bonds. The molecule has 1 aromatic heterocycles. The first-order valence-corrected chi connectivity index (χ1v) is 6.17. The maximum Gasteiger partial charge on any atom is 0.125 e. The largest absolute Gasteiger partial charge is 0.390 e. The van der Waals surface area contributed by atoms with Crippen molar-refractivity contribution in [3.63, 3.8) is 0 Å². The summed E-state index contributed by atoms with van der Waals surface area (Å²) in [7, 11) is 0. The Morgan fingerprint density at radius 2 is 2.06 bits per heavy atom. The second kappa shape index (κ2) is 4.70. The van der Waals surface area contributed by atoms with Gasteiger partial charge >= 0.3 is 0 Å². The van der Waals surface area contributed by atoms with Gasteiger partial charge in [-0.2, -0.15) is 0 Å². The Balaban J connectivity index is 1.92. The van der Waals surface area contributed by atoms with Crippen molar-refractivity contribution in [1.29, 1.82) is 0 Å². The summed E-state index contributed by atoms with van der Waals surface area (Å²) in [5.74, 6) is 1.18. The van der Waals surface area contributed by atoms with Crippen molar-refractivity contribution in [2.75, 3.05) is 13.1 Å². The van der Waals surface area contributed by atoms with Gasteiger partial charge in [-0.1, -0.05) is 0 Å². The van der Waals surface area contributed by atoms with Crippen LogP contribution in [-0.2, 0) is 6.54 Å². The number of nitrogens with zero attached hydrogens (tertiary/aromatic N) is 3. The molecule has 4 heteroatoms. The van der Waals surface area contributed by atoms with Crippen LogP contribution in [0.3, 0.4) is 0 Å². The van der Waals surface area contributed by atoms with Gasteiger partial charge in [-0.15, -0.1) is 0 Å². The topological polar surface area (TPSA) is 49.2 Å². The summed E-state index contributed by atoms with van der Waals surface area (Å²) in [4.78, 5) is 10.8. The fourth-order valence-electron chi connectivity index (χ4n) is 2.31. The van der Waals surface area contributed by atoms with Crippen LogP contribution in [0.2, 0.25) is 0 Å². The van der Waals surface area contributed by atoms with Gasteiger partial charge in [-0.3, -0.25) is 4.90 Å². The number of likely N-dealkylation sites (tertiary alicyclic amines) is 1. The number of rotatable bonds is 3. The van der Waals surface area contributed by atoms with Gasteiger partial charge in [0.25, 0.3) is 0 Å². The van der Waals surface area contributed by atoms with Crippen molar-refractivity contribution < 1.29 is 5.11 Å². The van der Waals surface area contributed by atoms with E-state index in [1.807, 2.05) is 33.2 Å². The molecule has 1 N–H and O–H groups in total. The van der Waals surface area contributed by atoms with Crippen LogP contribution in [-0.4, -0.2) is 38.7 Å². The maximum absolute atomic E-state index is 9.99. The molecular formula is C13H21N3O. The summed E-state index contributed by atoms with van der Waals surface area (Å²) in [6.07, 6.45) is 4.84. The monoisotopic (exact) mass is 235 g/mol. The molecule has 2 heterocycles. The highest BCUT2D eigenvalue weighted by molar-refractivity contribution is 5.05. The third-order valence-corrected chi connectivity index (χ3v) is 3.51. The van der Waals surface area contributed by atoms with E-state index in [0.717, 1.165) is 37.4 Å². The summed E-state index contributed by atoms with van der Waals surface area (Å²) in [6.45, 7) is 8.57. The van der Waals surface area contributed by atoms with Gasteiger partial charge in [0.2, 0.25) is 0 Å². The molecular weight excluding hydrogens is 214 g/mol. The maximum atomic E-state index is 9.99. The molecule has 1 aromatic rings. The Kier molecular flexibility index (Phi) is 3.45. The van der Waals surface area contributed by atoms with Crippen LogP contribution >= 0.6 is 0 Å². The smallest absolute Gasteiger partial charge is 0.125 e. The molecule has 1 unspecified atom stereocenters. The summed E-state index contributed by atoms with van der Waals surface area (Å²) in [6, 6.07) is 0. The Morgan fingerprint density at radius 1 is 1.41 bits per heavy atom. The number of hydrogen-bond donors (Lipinski definition) is 1. The minimum absolute atomic E-state index is 0.369. The van der Waals surface area contributed by atoms with Gasteiger partial charge in [0.15, 0.2) is 0 Å². The molecule has 0 aromatic carbocycles. The second-order valence-electron chi connectivity index (χ2n) is 5.51. The summed E-state index contributed by atoms with van der Waals surface area (Å²) < 4.78 is 0. The lowest BCUT2D eigenvalue weighted by Crippen LogP contribution is -2.33. The molecule has 0 radical (unpaired) electrons. The van der Waals surface area contributed by atoms with Gasteiger partial charge in [0.1, 0.15) is 5.82 Å². The highest BCUT2D eigenvalue weighted by atomic mass is 16.3. The molecule has 4 nitrogen and oxygen atoms in total. The number of aromatic nitrogens is 2. The SMILES string of the molecule is Cc1ncc(CN2CCC(C(C)(C)O)C2)cn1. The van der Waals surface area contributed by atoms with Crippen LogP contribution in [0.15, 0.2) is 12.4 Å². The summed E-state index contributed by atoms with van der Waals surface area (Å²) >= 11 is 0. The zero-order valence-corrected chi connectivity index (χ0v) is 10.8. The third kappa shape index (κ3) is 3.23. The molecule has 0 aliphatic carbocycles. The zero-order valence-electron chi connectivity index (χ0n) is 10.8. The average molecular weight is 235 g/mol. The number of aryl methyl sites for hydroxylation is 1. The standard InChI is InChI=1S/C13H21N3O/c1-10-14-6-11(7-15-10)8-16-5-4-12(9-16)13(2,3)17/h6-7,12,17H,4-5,8-9H2,1-3H3. The van der Waals surface area contributed by atoms with E-state index in [9.17, 15) is 5.11 Å². The number of aliphatic hydroxyl groups is 1. The molecule has 0 spiro atoms. The highest BCUT2D eigenvalue weighted by Crippen LogP contribution is 2.27. The van der Waals surface area contributed by atoms with Crippen molar-refractivity contribution >= 4 is 0 Å². The van der Waals surface area contributed by atoms with Crippen LogP contribution in [0.4, 0.5) is 0 Å². The van der Waals surface area contributed by atoms with Gasteiger partial charge in [-0.05, 0) is 33.7 Å². The molecule has 1 saturated heterocycles. The van der Waals surface area contributed by atoms with Gasteiger partial charge in [-0.25, -0.2) is 9.97 Å².